The summed E-state index contributed by atoms with van der Waals surface area (Å²) in [6.07, 6.45) is -25.0. The first-order valence-corrected chi connectivity index (χ1v) is 7.57. The van der Waals surface area contributed by atoms with Crippen molar-refractivity contribution >= 4 is 0 Å². The maximum atomic E-state index is 13.4. The maximum absolute atomic E-state index is 13.4. The van der Waals surface area contributed by atoms with Crippen molar-refractivity contribution in [2.45, 2.75) is 57.1 Å². The fraction of sp³-hybridized carbons (Fsp3) is 0.846. The van der Waals surface area contributed by atoms with E-state index >= 15 is 0 Å². The first-order valence-electron chi connectivity index (χ1n) is 7.57. The Morgan fingerprint density at radius 3 is 1.43 bits per heavy atom. The van der Waals surface area contributed by atoms with Gasteiger partial charge in [0.05, 0.1) is 0 Å². The number of rotatable bonds is 4. The van der Waals surface area contributed by atoms with E-state index in [2.05, 4.69) is 0 Å². The highest BCUT2D eigenvalue weighted by Crippen LogP contribution is 2.54. The van der Waals surface area contributed by atoms with Crippen LogP contribution in [0.5, 0.6) is 0 Å². The normalized spacial score (nSPS) is 19.1. The summed E-state index contributed by atoms with van der Waals surface area (Å²) in [6, 6.07) is -4.64. The topological polar surface area (TPSA) is 18.5 Å². The first kappa shape index (κ1) is 24.5. The zero-order valence-corrected chi connectivity index (χ0v) is 14.4. The van der Waals surface area contributed by atoms with E-state index < -0.39 is 65.8 Å². The molecular weight excluding hydrogens is 426 g/mol. The van der Waals surface area contributed by atoms with Gasteiger partial charge in [0.2, 0.25) is 6.04 Å². The third kappa shape index (κ3) is 3.81. The summed E-state index contributed by atoms with van der Waals surface area (Å²) < 4.78 is 159. The standard InChI is InChI=1S/C13H15F12N3/c1-4-27(5-2)7-6(3)9(12(20,21)22,13(23,24)25)26-28(7)8(10(14,15)16)11(17,18)19/h8,26H,4-5H2,1-3H3. The molecule has 0 spiro atoms. The predicted molar refractivity (Wildman–Crippen MR) is 71.3 cm³/mol. The quantitative estimate of drug-likeness (QED) is 0.637. The number of hydrogen-bond acceptors (Lipinski definition) is 3. The lowest BCUT2D eigenvalue weighted by molar-refractivity contribution is -0.323. The minimum Gasteiger partial charge on any atom is -0.358 e. The molecule has 0 saturated carbocycles. The second-order valence-electron chi connectivity index (χ2n) is 5.83. The summed E-state index contributed by atoms with van der Waals surface area (Å²) in [5, 5.41) is -1.12. The van der Waals surface area contributed by atoms with Crippen LogP contribution in [-0.2, 0) is 0 Å². The number of hydrogen-bond donors (Lipinski definition) is 1. The summed E-state index contributed by atoms with van der Waals surface area (Å²) in [5.74, 6) is -1.49. The third-order valence-corrected chi connectivity index (χ3v) is 4.21. The number of hydrazine groups is 1. The Morgan fingerprint density at radius 1 is 0.821 bits per heavy atom. The monoisotopic (exact) mass is 441 g/mol. The van der Waals surface area contributed by atoms with E-state index in [1.807, 2.05) is 0 Å². The molecule has 0 aromatic carbocycles. The van der Waals surface area contributed by atoms with Crippen molar-refractivity contribution in [2.75, 3.05) is 13.1 Å². The van der Waals surface area contributed by atoms with E-state index in [-0.39, 0.29) is 6.92 Å². The van der Waals surface area contributed by atoms with E-state index in [1.54, 1.807) is 0 Å². The molecule has 0 radical (unpaired) electrons. The molecule has 0 unspecified atom stereocenters. The van der Waals surface area contributed by atoms with Gasteiger partial charge in [-0.05, 0) is 20.8 Å². The van der Waals surface area contributed by atoms with Gasteiger partial charge in [0, 0.05) is 18.7 Å². The second-order valence-corrected chi connectivity index (χ2v) is 5.83. The van der Waals surface area contributed by atoms with Crippen LogP contribution in [0, 0.1) is 0 Å². The number of nitrogens with zero attached hydrogens (tertiary/aromatic N) is 2. The van der Waals surface area contributed by atoms with Crippen molar-refractivity contribution in [1.82, 2.24) is 15.3 Å². The SMILES string of the molecule is CCN(CC)C1=C(C)C(C(F)(F)F)(C(F)(F)F)NN1C(C(F)(F)F)C(F)(F)F. The lowest BCUT2D eigenvalue weighted by Crippen LogP contribution is -2.70. The molecule has 166 valence electrons. The smallest absolute Gasteiger partial charge is 0.358 e. The Kier molecular flexibility index (Phi) is 6.17. The van der Waals surface area contributed by atoms with Gasteiger partial charge in [-0.25, -0.2) is 5.43 Å². The fourth-order valence-corrected chi connectivity index (χ4v) is 2.96. The first-order chi connectivity index (χ1) is 12.3. The maximum Gasteiger partial charge on any atom is 0.421 e. The van der Waals surface area contributed by atoms with E-state index in [0.29, 0.717) is 10.3 Å². The summed E-state index contributed by atoms with van der Waals surface area (Å²) in [4.78, 5) is 0.548. The van der Waals surface area contributed by atoms with Crippen molar-refractivity contribution in [3.8, 4) is 0 Å². The van der Waals surface area contributed by atoms with Gasteiger partial charge in [0.25, 0.3) is 5.54 Å². The van der Waals surface area contributed by atoms with Crippen molar-refractivity contribution < 1.29 is 52.7 Å². The second kappa shape index (κ2) is 7.06. The number of nitrogens with one attached hydrogen (secondary N) is 1. The van der Waals surface area contributed by atoms with Crippen LogP contribution >= 0.6 is 0 Å². The minimum absolute atomic E-state index is 0.200. The molecule has 0 saturated heterocycles. The van der Waals surface area contributed by atoms with Crippen molar-refractivity contribution in [2.24, 2.45) is 0 Å². The predicted octanol–water partition coefficient (Wildman–Crippen LogP) is 4.74. The summed E-state index contributed by atoms with van der Waals surface area (Å²) in [5.41, 5.74) is -6.41. The highest BCUT2D eigenvalue weighted by molar-refractivity contribution is 5.35. The lowest BCUT2D eigenvalue weighted by Gasteiger charge is -2.40. The molecule has 1 heterocycles. The molecule has 3 nitrogen and oxygen atoms in total. The number of halogens is 12. The van der Waals surface area contributed by atoms with Gasteiger partial charge in [-0.2, -0.15) is 52.7 Å². The van der Waals surface area contributed by atoms with Gasteiger partial charge >= 0.3 is 24.7 Å². The Labute approximate surface area is 150 Å². The van der Waals surface area contributed by atoms with Gasteiger partial charge < -0.3 is 4.90 Å². The van der Waals surface area contributed by atoms with E-state index in [4.69, 9.17) is 0 Å². The zero-order chi connectivity index (χ0) is 22.5. The number of alkyl halides is 12. The largest absolute Gasteiger partial charge is 0.421 e. The van der Waals surface area contributed by atoms with E-state index in [0.717, 1.165) is 13.8 Å². The van der Waals surface area contributed by atoms with E-state index in [1.165, 1.54) is 0 Å². The highest BCUT2D eigenvalue weighted by atomic mass is 19.4. The Balaban J connectivity index is 3.91. The molecule has 0 amide bonds. The van der Waals surface area contributed by atoms with Crippen molar-refractivity contribution in [3.63, 3.8) is 0 Å². The molecule has 0 fully saturated rings. The van der Waals surface area contributed by atoms with Crippen LogP contribution in [0.4, 0.5) is 52.7 Å². The molecule has 0 aromatic heterocycles. The Bertz CT molecular complexity index is 566. The summed E-state index contributed by atoms with van der Waals surface area (Å²) >= 11 is 0. The average molecular weight is 441 g/mol. The Hall–Kier alpha value is -1.54. The van der Waals surface area contributed by atoms with Gasteiger partial charge in [-0.3, -0.25) is 5.01 Å². The molecular formula is C13H15F12N3. The van der Waals surface area contributed by atoms with Crippen LogP contribution in [0.2, 0.25) is 0 Å². The van der Waals surface area contributed by atoms with Crippen LogP contribution < -0.4 is 5.43 Å². The molecule has 0 aliphatic carbocycles. The highest BCUT2D eigenvalue weighted by Gasteiger charge is 2.78. The van der Waals surface area contributed by atoms with Gasteiger partial charge in [0.15, 0.2) is 0 Å². The van der Waals surface area contributed by atoms with Crippen molar-refractivity contribution in [3.05, 3.63) is 11.4 Å². The summed E-state index contributed by atoms with van der Waals surface area (Å²) in [6.45, 7) is 1.61. The van der Waals surface area contributed by atoms with Gasteiger partial charge in [-0.1, -0.05) is 0 Å². The minimum atomic E-state index is -6.29. The Morgan fingerprint density at radius 2 is 1.18 bits per heavy atom. The lowest BCUT2D eigenvalue weighted by atomic mass is 9.90. The summed E-state index contributed by atoms with van der Waals surface area (Å²) in [7, 11) is 0. The fourth-order valence-electron chi connectivity index (χ4n) is 2.96. The average Bonchev–Trinajstić information content (AvgIpc) is 2.71. The van der Waals surface area contributed by atoms with Gasteiger partial charge in [-0.15, -0.1) is 0 Å². The molecule has 0 atom stereocenters. The molecule has 1 N–H and O–H groups in total. The molecule has 0 bridgehead atoms. The molecule has 1 aliphatic rings. The van der Waals surface area contributed by atoms with E-state index in [9.17, 15) is 52.7 Å². The van der Waals surface area contributed by atoms with Crippen LogP contribution in [0.15, 0.2) is 11.4 Å². The van der Waals surface area contributed by atoms with Crippen LogP contribution in [-0.4, -0.2) is 59.3 Å². The molecule has 15 heteroatoms. The molecule has 28 heavy (non-hydrogen) atoms. The zero-order valence-electron chi connectivity index (χ0n) is 14.4. The van der Waals surface area contributed by atoms with Gasteiger partial charge in [0.1, 0.15) is 5.82 Å². The molecule has 1 aliphatic heterocycles. The van der Waals surface area contributed by atoms with Crippen LogP contribution in [0.25, 0.3) is 0 Å². The van der Waals surface area contributed by atoms with Crippen LogP contribution in [0.1, 0.15) is 20.8 Å². The third-order valence-electron chi connectivity index (χ3n) is 4.21. The van der Waals surface area contributed by atoms with Crippen LogP contribution in [0.3, 0.4) is 0 Å². The molecule has 0 aromatic rings. The molecule has 1 rings (SSSR count). The van der Waals surface area contributed by atoms with Crippen molar-refractivity contribution in [1.29, 1.82) is 0 Å².